The van der Waals surface area contributed by atoms with Gasteiger partial charge in [-0.05, 0) is 12.8 Å². The van der Waals surface area contributed by atoms with Crippen LogP contribution in [0.25, 0.3) is 0 Å². The average molecular weight is 692 g/mol. The molecule has 0 aromatic rings. The first-order valence-corrected chi connectivity index (χ1v) is 20.9. The van der Waals surface area contributed by atoms with Crippen molar-refractivity contribution in [3.8, 4) is 0 Å². The molecule has 2 atom stereocenters. The first-order chi connectivity index (χ1) is 22.8. The van der Waals surface area contributed by atoms with E-state index in [0.717, 1.165) is 38.5 Å². The van der Waals surface area contributed by atoms with Crippen molar-refractivity contribution in [1.29, 1.82) is 0 Å². The minimum Gasteiger partial charge on any atom is -0.462 e. The maximum atomic E-state index is 12.5. The van der Waals surface area contributed by atoms with Crippen LogP contribution in [0, 0.1) is 6.92 Å². The molecule has 0 spiro atoms. The lowest BCUT2D eigenvalue weighted by Gasteiger charge is -2.19. The van der Waals surface area contributed by atoms with Gasteiger partial charge in [0.25, 0.3) is 0 Å². The molecule has 0 saturated carbocycles. The Bertz CT molecular complexity index is 754. The number of hydrogen-bond donors (Lipinski definition) is 2. The Balaban J connectivity index is 4.17. The van der Waals surface area contributed by atoms with Gasteiger partial charge in [0.15, 0.2) is 6.10 Å². The zero-order valence-corrected chi connectivity index (χ0v) is 31.3. The average Bonchev–Trinajstić information content (AvgIpc) is 3.05. The van der Waals surface area contributed by atoms with Crippen molar-refractivity contribution in [1.82, 2.24) is 0 Å². The Hall–Kier alpha value is -0.990. The van der Waals surface area contributed by atoms with E-state index in [9.17, 15) is 19.0 Å². The van der Waals surface area contributed by atoms with Crippen LogP contribution in [0.4, 0.5) is 0 Å². The summed E-state index contributed by atoms with van der Waals surface area (Å²) in [5.41, 5.74) is 3.57. The molecule has 0 saturated heterocycles. The van der Waals surface area contributed by atoms with Crippen molar-refractivity contribution >= 4 is 19.8 Å². The number of ether oxygens (including phenoxy) is 2. The summed E-state index contributed by atoms with van der Waals surface area (Å²) < 4.78 is 32.8. The van der Waals surface area contributed by atoms with Gasteiger partial charge in [-0.15, -0.1) is 0 Å². The third-order valence-corrected chi connectivity index (χ3v) is 9.40. The zero-order chi connectivity index (χ0) is 34.7. The molecular formula is C37H74NO8P. The second-order valence-corrected chi connectivity index (χ2v) is 14.5. The van der Waals surface area contributed by atoms with E-state index in [4.69, 9.17) is 18.5 Å². The van der Waals surface area contributed by atoms with E-state index in [0.29, 0.717) is 13.0 Å². The summed E-state index contributed by atoms with van der Waals surface area (Å²) in [6.07, 6.45) is 30.8. The molecule has 0 bridgehead atoms. The minimum absolute atomic E-state index is 0.0384. The van der Waals surface area contributed by atoms with Crippen LogP contribution < -0.4 is 5.73 Å². The van der Waals surface area contributed by atoms with E-state index in [-0.39, 0.29) is 32.0 Å². The lowest BCUT2D eigenvalue weighted by Crippen LogP contribution is -2.52. The van der Waals surface area contributed by atoms with Crippen molar-refractivity contribution < 1.29 is 43.3 Å². The number of quaternary nitrogens is 1. The summed E-state index contributed by atoms with van der Waals surface area (Å²) in [6.45, 7) is 5.77. The van der Waals surface area contributed by atoms with Crippen LogP contribution >= 0.6 is 7.82 Å². The number of unbranched alkanes of at least 4 members (excludes halogenated alkanes) is 24. The molecule has 0 radical (unpaired) electrons. The van der Waals surface area contributed by atoms with E-state index < -0.39 is 26.5 Å². The van der Waals surface area contributed by atoms with Gasteiger partial charge in [0, 0.05) is 12.8 Å². The summed E-state index contributed by atoms with van der Waals surface area (Å²) in [5, 5.41) is 0. The van der Waals surface area contributed by atoms with Gasteiger partial charge in [0.2, 0.25) is 0 Å². The van der Waals surface area contributed by atoms with Crippen LogP contribution in [0.5, 0.6) is 0 Å². The highest BCUT2D eigenvalue weighted by Gasteiger charge is 2.26. The maximum Gasteiger partial charge on any atom is 0.472 e. The van der Waals surface area contributed by atoms with Crippen LogP contribution in [0.3, 0.4) is 0 Å². The summed E-state index contributed by atoms with van der Waals surface area (Å²) in [7, 11) is -4.32. The van der Waals surface area contributed by atoms with Crippen LogP contribution in [-0.4, -0.2) is 49.3 Å². The molecule has 0 aliphatic heterocycles. The summed E-state index contributed by atoms with van der Waals surface area (Å²) in [5.74, 6) is -0.808. The highest BCUT2D eigenvalue weighted by atomic mass is 31.2. The summed E-state index contributed by atoms with van der Waals surface area (Å²) >= 11 is 0. The molecule has 0 fully saturated rings. The zero-order valence-electron chi connectivity index (χ0n) is 30.4. The highest BCUT2D eigenvalue weighted by molar-refractivity contribution is 7.47. The predicted octanol–water partition coefficient (Wildman–Crippen LogP) is 9.59. The van der Waals surface area contributed by atoms with E-state index >= 15 is 0 Å². The molecule has 0 aromatic carbocycles. The molecule has 0 amide bonds. The monoisotopic (exact) mass is 692 g/mol. The van der Waals surface area contributed by atoms with Gasteiger partial charge in [-0.3, -0.25) is 18.6 Å². The van der Waals surface area contributed by atoms with Gasteiger partial charge >= 0.3 is 19.8 Å². The standard InChI is InChI=1S/C37H73NO8P/c1-3-5-7-9-11-13-15-16-17-18-20-22-24-26-28-30-37(40)46-35(34-45-47(41,42)44-32-31-38)33-43-36(39)29-27-25-23-21-19-14-12-10-8-6-4-2/h35H,2-34,38H2,1H3,(H,41,42)/q-1/p+1/t35-/m1/s1. The largest absolute Gasteiger partial charge is 0.472 e. The van der Waals surface area contributed by atoms with Gasteiger partial charge in [0.05, 0.1) is 13.2 Å². The van der Waals surface area contributed by atoms with E-state index in [1.165, 1.54) is 122 Å². The molecule has 0 aromatic heterocycles. The van der Waals surface area contributed by atoms with Crippen molar-refractivity contribution in [3.05, 3.63) is 6.92 Å². The summed E-state index contributed by atoms with van der Waals surface area (Å²) in [4.78, 5) is 34.7. The van der Waals surface area contributed by atoms with E-state index in [1.54, 1.807) is 0 Å². The van der Waals surface area contributed by atoms with Crippen molar-refractivity contribution in [2.75, 3.05) is 26.4 Å². The van der Waals surface area contributed by atoms with Crippen LogP contribution in [0.15, 0.2) is 0 Å². The predicted molar refractivity (Wildman–Crippen MR) is 191 cm³/mol. The number of hydrogen-bond acceptors (Lipinski definition) is 7. The number of carbonyl (C=O) groups is 2. The molecule has 4 N–H and O–H groups in total. The third-order valence-electron chi connectivity index (χ3n) is 8.42. The molecule has 10 heteroatoms. The molecule has 0 heterocycles. The smallest absolute Gasteiger partial charge is 0.462 e. The Morgan fingerprint density at radius 1 is 0.617 bits per heavy atom. The molecule has 0 rings (SSSR count). The Kier molecular flexibility index (Phi) is 34.1. The van der Waals surface area contributed by atoms with Gasteiger partial charge < -0.3 is 27.0 Å². The second-order valence-electron chi connectivity index (χ2n) is 13.1. The molecule has 0 aliphatic carbocycles. The Morgan fingerprint density at radius 3 is 1.45 bits per heavy atom. The van der Waals surface area contributed by atoms with Gasteiger partial charge in [0.1, 0.15) is 13.2 Å². The van der Waals surface area contributed by atoms with Crippen molar-refractivity contribution in [2.45, 2.75) is 193 Å². The maximum absolute atomic E-state index is 12.5. The normalized spacial score (nSPS) is 13.4. The quantitative estimate of drug-likeness (QED) is 0.0285. The molecule has 1 unspecified atom stereocenters. The Morgan fingerprint density at radius 2 is 1.02 bits per heavy atom. The number of phosphoric ester groups is 1. The first kappa shape index (κ1) is 46.0. The summed E-state index contributed by atoms with van der Waals surface area (Å²) in [6, 6.07) is 0. The van der Waals surface area contributed by atoms with Crippen molar-refractivity contribution in [3.63, 3.8) is 0 Å². The van der Waals surface area contributed by atoms with E-state index in [2.05, 4.69) is 19.6 Å². The number of carbonyl (C=O) groups excluding carboxylic acids is 2. The fourth-order valence-electron chi connectivity index (χ4n) is 5.51. The van der Waals surface area contributed by atoms with Gasteiger partial charge in [-0.25, -0.2) is 4.57 Å². The van der Waals surface area contributed by atoms with Crippen LogP contribution in [0.1, 0.15) is 187 Å². The number of esters is 2. The van der Waals surface area contributed by atoms with Gasteiger partial charge in [-0.2, -0.15) is 6.42 Å². The Labute approximate surface area is 288 Å². The topological polar surface area (TPSA) is 136 Å². The molecule has 9 nitrogen and oxygen atoms in total. The van der Waals surface area contributed by atoms with Crippen LogP contribution in [0.2, 0.25) is 0 Å². The first-order valence-electron chi connectivity index (χ1n) is 19.4. The van der Waals surface area contributed by atoms with E-state index in [1.807, 2.05) is 0 Å². The van der Waals surface area contributed by atoms with Crippen molar-refractivity contribution in [2.24, 2.45) is 0 Å². The number of phosphoric acid groups is 1. The lowest BCUT2D eigenvalue weighted by atomic mass is 10.0. The lowest BCUT2D eigenvalue weighted by molar-refractivity contribution is -0.371. The minimum atomic E-state index is -4.32. The highest BCUT2D eigenvalue weighted by Crippen LogP contribution is 2.43. The SMILES string of the molecule is [CH2-]CCCCCCCCCCCCC(=O)OC[C@H](COP(=O)(O)OCC[NH3+])OC(=O)CCCCCCCCCCCCCCCCC. The fourth-order valence-corrected chi connectivity index (χ4v) is 6.30. The molecular weight excluding hydrogens is 617 g/mol. The fraction of sp³-hybridized carbons (Fsp3) is 0.919. The third kappa shape index (κ3) is 34.7. The van der Waals surface area contributed by atoms with Crippen LogP contribution in [-0.2, 0) is 32.7 Å². The second kappa shape index (κ2) is 34.9. The van der Waals surface area contributed by atoms with Gasteiger partial charge in [-0.1, -0.05) is 155 Å². The molecule has 280 valence electrons. The molecule has 0 aliphatic rings. The molecule has 47 heavy (non-hydrogen) atoms. The number of rotatable bonds is 37.